The average Bonchev–Trinajstić information content (AvgIpc) is 3.36. The SMILES string of the molecule is CCOc1nn(CC)cc1-c1nnc(SCC(=O)Nc2ccc(F)cc2)n1CCOC. The molecular weight excluding hydrogens is 423 g/mol. The van der Waals surface area contributed by atoms with E-state index in [9.17, 15) is 9.18 Å². The molecule has 0 aliphatic rings. The molecule has 2 heterocycles. The van der Waals surface area contributed by atoms with Gasteiger partial charge in [-0.2, -0.15) is 0 Å². The van der Waals surface area contributed by atoms with Crippen molar-refractivity contribution in [2.45, 2.75) is 32.1 Å². The third-order valence-electron chi connectivity index (χ3n) is 4.27. The molecule has 0 aliphatic heterocycles. The molecule has 0 spiro atoms. The van der Waals surface area contributed by atoms with E-state index >= 15 is 0 Å². The zero-order chi connectivity index (χ0) is 22.2. The zero-order valence-electron chi connectivity index (χ0n) is 17.7. The van der Waals surface area contributed by atoms with E-state index < -0.39 is 0 Å². The predicted octanol–water partition coefficient (Wildman–Crippen LogP) is 3.08. The van der Waals surface area contributed by atoms with Crippen LogP contribution in [0.3, 0.4) is 0 Å². The van der Waals surface area contributed by atoms with Crippen molar-refractivity contribution in [2.75, 3.05) is 31.4 Å². The maximum atomic E-state index is 13.0. The van der Waals surface area contributed by atoms with Crippen molar-refractivity contribution in [1.82, 2.24) is 24.5 Å². The van der Waals surface area contributed by atoms with E-state index in [1.165, 1.54) is 36.0 Å². The number of benzene rings is 1. The summed E-state index contributed by atoms with van der Waals surface area (Å²) >= 11 is 1.25. The van der Waals surface area contributed by atoms with Crippen molar-refractivity contribution >= 4 is 23.4 Å². The van der Waals surface area contributed by atoms with E-state index in [1.807, 2.05) is 24.6 Å². The van der Waals surface area contributed by atoms with Gasteiger partial charge >= 0.3 is 0 Å². The van der Waals surface area contributed by atoms with Gasteiger partial charge in [0, 0.05) is 25.5 Å². The lowest BCUT2D eigenvalue weighted by Crippen LogP contribution is -2.15. The van der Waals surface area contributed by atoms with Crippen molar-refractivity contribution in [3.05, 3.63) is 36.3 Å². The second-order valence-electron chi connectivity index (χ2n) is 6.43. The highest BCUT2D eigenvalue weighted by Crippen LogP contribution is 2.30. The molecule has 1 aromatic carbocycles. The van der Waals surface area contributed by atoms with Gasteiger partial charge in [-0.3, -0.25) is 14.0 Å². The van der Waals surface area contributed by atoms with Gasteiger partial charge in [0.05, 0.1) is 25.5 Å². The number of anilines is 1. The fourth-order valence-electron chi connectivity index (χ4n) is 2.80. The number of rotatable bonds is 11. The van der Waals surface area contributed by atoms with Crippen molar-refractivity contribution in [3.63, 3.8) is 0 Å². The molecule has 1 amide bonds. The van der Waals surface area contributed by atoms with Gasteiger partial charge < -0.3 is 14.8 Å². The van der Waals surface area contributed by atoms with Gasteiger partial charge in [0.15, 0.2) is 11.0 Å². The first-order chi connectivity index (χ1) is 15.0. The summed E-state index contributed by atoms with van der Waals surface area (Å²) in [7, 11) is 1.62. The normalized spacial score (nSPS) is 11.0. The molecule has 3 aromatic rings. The van der Waals surface area contributed by atoms with E-state index in [4.69, 9.17) is 9.47 Å². The van der Waals surface area contributed by atoms with Crippen LogP contribution in [0.2, 0.25) is 0 Å². The van der Waals surface area contributed by atoms with E-state index in [2.05, 4.69) is 20.6 Å². The molecule has 0 saturated carbocycles. The summed E-state index contributed by atoms with van der Waals surface area (Å²) in [5.41, 5.74) is 1.26. The number of amides is 1. The number of nitrogens with one attached hydrogen (secondary N) is 1. The Morgan fingerprint density at radius 3 is 2.68 bits per heavy atom. The Hall–Kier alpha value is -2.92. The predicted molar refractivity (Wildman–Crippen MR) is 116 cm³/mol. The Balaban J connectivity index is 1.78. The third kappa shape index (κ3) is 5.82. The van der Waals surface area contributed by atoms with Gasteiger partial charge in [0.1, 0.15) is 11.4 Å². The van der Waals surface area contributed by atoms with Crippen LogP contribution in [0.1, 0.15) is 13.8 Å². The number of thioether (sulfide) groups is 1. The molecular formula is C20H25FN6O3S. The van der Waals surface area contributed by atoms with Crippen molar-refractivity contribution in [1.29, 1.82) is 0 Å². The Kier molecular flexibility index (Phi) is 8.01. The van der Waals surface area contributed by atoms with Crippen LogP contribution in [0.4, 0.5) is 10.1 Å². The molecule has 2 aromatic heterocycles. The lowest BCUT2D eigenvalue weighted by Gasteiger charge is -2.10. The first-order valence-corrected chi connectivity index (χ1v) is 10.8. The standard InChI is InChI=1S/C20H25FN6O3S/c1-4-26-12-16(19(25-26)30-5-2)18-23-24-20(27(18)10-11-29-3)31-13-17(28)22-15-8-6-14(21)7-9-15/h6-9,12H,4-5,10-11,13H2,1-3H3,(H,22,28). The Morgan fingerprint density at radius 1 is 1.23 bits per heavy atom. The van der Waals surface area contributed by atoms with Crippen LogP contribution in [0.15, 0.2) is 35.6 Å². The highest BCUT2D eigenvalue weighted by molar-refractivity contribution is 7.99. The number of halogens is 1. The number of nitrogens with zero attached hydrogens (tertiary/aromatic N) is 5. The molecule has 0 saturated heterocycles. The fourth-order valence-corrected chi connectivity index (χ4v) is 3.57. The van der Waals surface area contributed by atoms with Crippen LogP contribution >= 0.6 is 11.8 Å². The van der Waals surface area contributed by atoms with Gasteiger partial charge in [-0.1, -0.05) is 11.8 Å². The summed E-state index contributed by atoms with van der Waals surface area (Å²) in [6, 6.07) is 5.61. The quantitative estimate of drug-likeness (QED) is 0.450. The maximum absolute atomic E-state index is 13.0. The molecule has 0 fully saturated rings. The molecule has 0 atom stereocenters. The Bertz CT molecular complexity index is 1010. The van der Waals surface area contributed by atoms with Crippen molar-refractivity contribution < 1.29 is 18.7 Å². The number of hydrogen-bond acceptors (Lipinski definition) is 7. The van der Waals surface area contributed by atoms with Crippen LogP contribution in [-0.4, -0.2) is 56.5 Å². The van der Waals surface area contributed by atoms with Gasteiger partial charge in [-0.05, 0) is 38.1 Å². The Morgan fingerprint density at radius 2 is 2.00 bits per heavy atom. The van der Waals surface area contributed by atoms with Gasteiger partial charge in [-0.25, -0.2) is 4.39 Å². The minimum atomic E-state index is -0.357. The third-order valence-corrected chi connectivity index (χ3v) is 5.24. The molecule has 3 rings (SSSR count). The highest BCUT2D eigenvalue weighted by atomic mass is 32.2. The van der Waals surface area contributed by atoms with Crippen molar-refractivity contribution in [2.24, 2.45) is 0 Å². The maximum Gasteiger partial charge on any atom is 0.243 e. The minimum absolute atomic E-state index is 0.120. The number of hydrogen-bond donors (Lipinski definition) is 1. The molecule has 0 radical (unpaired) electrons. The number of methoxy groups -OCH3 is 1. The van der Waals surface area contributed by atoms with Crippen molar-refractivity contribution in [3.8, 4) is 17.3 Å². The zero-order valence-corrected chi connectivity index (χ0v) is 18.5. The number of carbonyl (C=O) groups is 1. The number of aryl methyl sites for hydroxylation is 1. The van der Waals surface area contributed by atoms with Gasteiger partial charge in [0.2, 0.25) is 11.8 Å². The number of aromatic nitrogens is 5. The highest BCUT2D eigenvalue weighted by Gasteiger charge is 2.21. The van der Waals surface area contributed by atoms with Gasteiger partial charge in [0.25, 0.3) is 0 Å². The summed E-state index contributed by atoms with van der Waals surface area (Å²) in [4.78, 5) is 12.3. The molecule has 166 valence electrons. The van der Waals surface area contributed by atoms with Crippen LogP contribution in [0.25, 0.3) is 11.4 Å². The number of ether oxygens (including phenoxy) is 2. The second-order valence-corrected chi connectivity index (χ2v) is 7.37. The lowest BCUT2D eigenvalue weighted by molar-refractivity contribution is -0.113. The summed E-state index contributed by atoms with van der Waals surface area (Å²) < 4.78 is 27.6. The van der Waals surface area contributed by atoms with E-state index in [-0.39, 0.29) is 17.5 Å². The second kappa shape index (κ2) is 10.9. The number of carbonyl (C=O) groups excluding carboxylic acids is 1. The lowest BCUT2D eigenvalue weighted by atomic mass is 10.3. The van der Waals surface area contributed by atoms with E-state index in [0.29, 0.717) is 48.9 Å². The van der Waals surface area contributed by atoms with E-state index in [0.717, 1.165) is 5.56 Å². The largest absolute Gasteiger partial charge is 0.476 e. The first-order valence-electron chi connectivity index (χ1n) is 9.86. The summed E-state index contributed by atoms with van der Waals surface area (Å²) in [6.45, 7) is 6.01. The topological polar surface area (TPSA) is 96.1 Å². The summed E-state index contributed by atoms with van der Waals surface area (Å²) in [5.74, 6) is 0.620. The average molecular weight is 449 g/mol. The minimum Gasteiger partial charge on any atom is -0.476 e. The molecule has 11 heteroatoms. The molecule has 1 N–H and O–H groups in total. The smallest absolute Gasteiger partial charge is 0.243 e. The summed E-state index contributed by atoms with van der Waals surface area (Å²) in [5, 5.41) is 16.4. The molecule has 31 heavy (non-hydrogen) atoms. The molecule has 0 aliphatic carbocycles. The fraction of sp³-hybridized carbons (Fsp3) is 0.400. The molecule has 0 unspecified atom stereocenters. The van der Waals surface area contributed by atoms with Crippen LogP contribution in [-0.2, 0) is 22.6 Å². The van der Waals surface area contributed by atoms with E-state index in [1.54, 1.807) is 11.8 Å². The first kappa shape index (κ1) is 22.8. The monoisotopic (exact) mass is 448 g/mol. The van der Waals surface area contributed by atoms with Gasteiger partial charge in [-0.15, -0.1) is 15.3 Å². The van der Waals surface area contributed by atoms with Crippen LogP contribution in [0, 0.1) is 5.82 Å². The van der Waals surface area contributed by atoms with Crippen LogP contribution in [0.5, 0.6) is 5.88 Å². The molecule has 9 nitrogen and oxygen atoms in total. The summed E-state index contributed by atoms with van der Waals surface area (Å²) in [6.07, 6.45) is 1.87. The molecule has 0 bridgehead atoms. The van der Waals surface area contributed by atoms with Crippen LogP contribution < -0.4 is 10.1 Å². The Labute approximate surface area is 183 Å².